The molecule has 2 amide bonds. The molecule has 0 spiro atoms. The zero-order valence-corrected chi connectivity index (χ0v) is 11.7. The molecule has 1 aromatic rings. The Morgan fingerprint density at radius 3 is 2.85 bits per heavy atom. The first-order valence-electron chi connectivity index (χ1n) is 6.79. The van der Waals surface area contributed by atoms with Crippen molar-refractivity contribution in [3.05, 3.63) is 35.9 Å². The van der Waals surface area contributed by atoms with E-state index in [1.165, 1.54) is 12.7 Å². The van der Waals surface area contributed by atoms with Crippen LogP contribution >= 0.6 is 0 Å². The number of nitrogens with zero attached hydrogens (tertiary/aromatic N) is 1. The molecule has 1 aromatic carbocycles. The van der Waals surface area contributed by atoms with Crippen LogP contribution in [0.25, 0.3) is 0 Å². The number of amides is 2. The van der Waals surface area contributed by atoms with Gasteiger partial charge in [0.25, 0.3) is 0 Å². The minimum atomic E-state index is -0.171. The van der Waals surface area contributed by atoms with E-state index in [2.05, 4.69) is 17.4 Å². The van der Waals surface area contributed by atoms with Gasteiger partial charge in [0.2, 0.25) is 11.8 Å². The molecule has 1 fully saturated rings. The molecule has 5 nitrogen and oxygen atoms in total. The maximum Gasteiger partial charge on any atom is 0.246 e. The maximum atomic E-state index is 11.9. The summed E-state index contributed by atoms with van der Waals surface area (Å²) in [4.78, 5) is 25.1. The molecule has 0 radical (unpaired) electrons. The topological polar surface area (TPSA) is 58.6 Å². The van der Waals surface area contributed by atoms with Crippen LogP contribution in [0.2, 0.25) is 0 Å². The summed E-state index contributed by atoms with van der Waals surface area (Å²) >= 11 is 0. The van der Waals surface area contributed by atoms with Gasteiger partial charge in [-0.2, -0.15) is 0 Å². The van der Waals surface area contributed by atoms with Crippen LogP contribution in [0, 0.1) is 0 Å². The van der Waals surface area contributed by atoms with Gasteiger partial charge in [-0.15, -0.1) is 0 Å². The fourth-order valence-corrected chi connectivity index (χ4v) is 2.39. The molecule has 0 saturated carbocycles. The van der Waals surface area contributed by atoms with E-state index in [1.54, 1.807) is 0 Å². The lowest BCUT2D eigenvalue weighted by atomic mass is 10.1. The van der Waals surface area contributed by atoms with E-state index in [9.17, 15) is 9.59 Å². The van der Waals surface area contributed by atoms with Crippen LogP contribution in [0.1, 0.15) is 12.0 Å². The van der Waals surface area contributed by atoms with Crippen LogP contribution in [0.5, 0.6) is 0 Å². The fraction of sp³-hybridized carbons (Fsp3) is 0.467. The van der Waals surface area contributed by atoms with E-state index in [0.717, 1.165) is 6.42 Å². The molecule has 1 aliphatic heterocycles. The van der Waals surface area contributed by atoms with Gasteiger partial charge in [0.1, 0.15) is 6.61 Å². The first kappa shape index (κ1) is 14.5. The van der Waals surface area contributed by atoms with E-state index >= 15 is 0 Å². The van der Waals surface area contributed by atoms with E-state index in [0.29, 0.717) is 19.5 Å². The van der Waals surface area contributed by atoms with Gasteiger partial charge in [-0.3, -0.25) is 9.59 Å². The Labute approximate surface area is 118 Å². The van der Waals surface area contributed by atoms with Crippen LogP contribution < -0.4 is 5.32 Å². The van der Waals surface area contributed by atoms with Crippen molar-refractivity contribution in [1.29, 1.82) is 0 Å². The fourth-order valence-electron chi connectivity index (χ4n) is 2.39. The van der Waals surface area contributed by atoms with Crippen LogP contribution in [0.15, 0.2) is 30.3 Å². The third kappa shape index (κ3) is 4.06. The van der Waals surface area contributed by atoms with Gasteiger partial charge in [-0.05, 0) is 12.0 Å². The first-order valence-corrected chi connectivity index (χ1v) is 6.79. The Hall–Kier alpha value is -1.88. The Balaban J connectivity index is 1.79. The molecule has 0 aliphatic carbocycles. The molecule has 1 aliphatic rings. The second-order valence-electron chi connectivity index (χ2n) is 4.98. The Bertz CT molecular complexity index is 461. The number of rotatable bonds is 6. The Morgan fingerprint density at radius 2 is 2.15 bits per heavy atom. The van der Waals surface area contributed by atoms with E-state index < -0.39 is 0 Å². The molecule has 1 heterocycles. The first-order chi connectivity index (χ1) is 9.69. The van der Waals surface area contributed by atoms with Crippen molar-refractivity contribution in [1.82, 2.24) is 10.2 Å². The molecule has 0 bridgehead atoms. The summed E-state index contributed by atoms with van der Waals surface area (Å²) in [6.45, 7) is 1.31. The molecular formula is C15H20N2O3. The lowest BCUT2D eigenvalue weighted by molar-refractivity contribution is -0.127. The van der Waals surface area contributed by atoms with Gasteiger partial charge in [0.15, 0.2) is 0 Å². The lowest BCUT2D eigenvalue weighted by Crippen LogP contribution is -2.39. The SMILES string of the molecule is COCC(=O)NC1CC(=O)N(CCc2ccccc2)C1. The molecule has 1 saturated heterocycles. The van der Waals surface area contributed by atoms with Gasteiger partial charge in [0.05, 0.1) is 6.04 Å². The highest BCUT2D eigenvalue weighted by molar-refractivity contribution is 5.82. The summed E-state index contributed by atoms with van der Waals surface area (Å²) in [5.74, 6) is -0.0705. The quantitative estimate of drug-likeness (QED) is 0.827. The zero-order valence-electron chi connectivity index (χ0n) is 11.7. The molecule has 1 unspecified atom stereocenters. The third-order valence-corrected chi connectivity index (χ3v) is 3.37. The van der Waals surface area contributed by atoms with Crippen molar-refractivity contribution in [3.8, 4) is 0 Å². The summed E-state index contributed by atoms with van der Waals surface area (Å²) in [6, 6.07) is 9.98. The number of hydrogen-bond donors (Lipinski definition) is 1. The molecule has 108 valence electrons. The summed E-state index contributed by atoms with van der Waals surface area (Å²) < 4.78 is 4.76. The molecule has 0 aromatic heterocycles. The highest BCUT2D eigenvalue weighted by atomic mass is 16.5. The van der Waals surface area contributed by atoms with E-state index in [4.69, 9.17) is 4.74 Å². The van der Waals surface area contributed by atoms with Crippen molar-refractivity contribution in [3.63, 3.8) is 0 Å². The van der Waals surface area contributed by atoms with Crippen LogP contribution in [-0.4, -0.2) is 49.6 Å². The van der Waals surface area contributed by atoms with Crippen molar-refractivity contribution < 1.29 is 14.3 Å². The van der Waals surface area contributed by atoms with Crippen LogP contribution in [0.3, 0.4) is 0 Å². The predicted molar refractivity (Wildman–Crippen MR) is 75.1 cm³/mol. The summed E-state index contributed by atoms with van der Waals surface area (Å²) in [5, 5.41) is 2.81. The standard InChI is InChI=1S/C15H20N2O3/c1-20-11-14(18)16-13-9-15(19)17(10-13)8-7-12-5-3-2-4-6-12/h2-6,13H,7-11H2,1H3,(H,16,18). The maximum absolute atomic E-state index is 11.9. The monoisotopic (exact) mass is 276 g/mol. The highest BCUT2D eigenvalue weighted by Crippen LogP contribution is 2.12. The molecule has 5 heteroatoms. The van der Waals surface area contributed by atoms with E-state index in [1.807, 2.05) is 23.1 Å². The van der Waals surface area contributed by atoms with Gasteiger partial charge in [0, 0.05) is 26.6 Å². The predicted octanol–water partition coefficient (Wildman–Crippen LogP) is 0.593. The number of carbonyl (C=O) groups is 2. The zero-order chi connectivity index (χ0) is 14.4. The summed E-state index contributed by atoms with van der Waals surface area (Å²) in [6.07, 6.45) is 1.22. The average molecular weight is 276 g/mol. The minimum absolute atomic E-state index is 0.0364. The van der Waals surface area contributed by atoms with Crippen molar-refractivity contribution in [2.45, 2.75) is 18.9 Å². The molecule has 20 heavy (non-hydrogen) atoms. The Kier molecular flexibility index (Phi) is 5.12. The van der Waals surface area contributed by atoms with Gasteiger partial charge >= 0.3 is 0 Å². The Morgan fingerprint density at radius 1 is 1.40 bits per heavy atom. The van der Waals surface area contributed by atoms with Crippen molar-refractivity contribution in [2.75, 3.05) is 26.8 Å². The second-order valence-corrected chi connectivity index (χ2v) is 4.98. The summed E-state index contributed by atoms with van der Waals surface area (Å²) in [5.41, 5.74) is 1.21. The van der Waals surface area contributed by atoms with Crippen LogP contribution in [0.4, 0.5) is 0 Å². The van der Waals surface area contributed by atoms with Gasteiger partial charge in [-0.1, -0.05) is 30.3 Å². The van der Waals surface area contributed by atoms with Crippen molar-refractivity contribution in [2.24, 2.45) is 0 Å². The lowest BCUT2D eigenvalue weighted by Gasteiger charge is -2.17. The number of methoxy groups -OCH3 is 1. The molecular weight excluding hydrogens is 256 g/mol. The van der Waals surface area contributed by atoms with Gasteiger partial charge < -0.3 is 15.0 Å². The molecule has 1 atom stereocenters. The van der Waals surface area contributed by atoms with Gasteiger partial charge in [-0.25, -0.2) is 0 Å². The van der Waals surface area contributed by atoms with Crippen molar-refractivity contribution >= 4 is 11.8 Å². The number of hydrogen-bond acceptors (Lipinski definition) is 3. The largest absolute Gasteiger partial charge is 0.375 e. The number of ether oxygens (including phenoxy) is 1. The number of likely N-dealkylation sites (tertiary alicyclic amines) is 1. The normalized spacial score (nSPS) is 18.4. The van der Waals surface area contributed by atoms with E-state index in [-0.39, 0.29) is 24.5 Å². The number of benzene rings is 1. The smallest absolute Gasteiger partial charge is 0.246 e. The molecule has 1 N–H and O–H groups in total. The summed E-state index contributed by atoms with van der Waals surface area (Å²) in [7, 11) is 1.48. The minimum Gasteiger partial charge on any atom is -0.375 e. The number of nitrogens with one attached hydrogen (secondary N) is 1. The number of carbonyl (C=O) groups excluding carboxylic acids is 2. The second kappa shape index (κ2) is 7.05. The average Bonchev–Trinajstić information content (AvgIpc) is 2.78. The van der Waals surface area contributed by atoms with Crippen LogP contribution in [-0.2, 0) is 20.7 Å². The molecule has 2 rings (SSSR count). The highest BCUT2D eigenvalue weighted by Gasteiger charge is 2.29. The third-order valence-electron chi connectivity index (χ3n) is 3.37.